The Balaban J connectivity index is 1.65. The molecule has 6 nitrogen and oxygen atoms in total. The highest BCUT2D eigenvalue weighted by Crippen LogP contribution is 2.37. The smallest absolute Gasteiger partial charge is 0.331 e. The lowest BCUT2D eigenvalue weighted by molar-refractivity contribution is -0.148. The maximum absolute atomic E-state index is 11.8. The topological polar surface area (TPSA) is 82.1 Å². The molecule has 130 valence electrons. The van der Waals surface area contributed by atoms with Gasteiger partial charge in [0.05, 0.1) is 6.61 Å². The molecule has 24 heavy (non-hydrogen) atoms. The molecule has 0 radical (unpaired) electrons. The zero-order valence-corrected chi connectivity index (χ0v) is 13.4. The number of carbonyl (C=O) groups is 2. The Morgan fingerprint density at radius 3 is 2.67 bits per heavy atom. The molecule has 3 aliphatic rings. The minimum Gasteiger partial charge on any atom is -0.460 e. The summed E-state index contributed by atoms with van der Waals surface area (Å²) in [6.07, 6.45) is 13.3. The van der Waals surface area contributed by atoms with Crippen molar-refractivity contribution in [1.29, 1.82) is 0 Å². The fourth-order valence-electron chi connectivity index (χ4n) is 2.87. The van der Waals surface area contributed by atoms with Gasteiger partial charge in [0.1, 0.15) is 25.4 Å². The number of allylic oxidation sites excluding steroid dienone is 1. The number of hydrogen-bond acceptors (Lipinski definition) is 6. The number of hydrogen-bond donors (Lipinski definition) is 1. The van der Waals surface area contributed by atoms with Crippen molar-refractivity contribution in [2.24, 2.45) is 11.8 Å². The van der Waals surface area contributed by atoms with Gasteiger partial charge >= 0.3 is 11.9 Å². The van der Waals surface area contributed by atoms with Crippen LogP contribution >= 0.6 is 0 Å². The first-order valence-corrected chi connectivity index (χ1v) is 8.01. The summed E-state index contributed by atoms with van der Waals surface area (Å²) in [7, 11) is 0. The van der Waals surface area contributed by atoms with Crippen LogP contribution in [0.4, 0.5) is 0 Å². The summed E-state index contributed by atoms with van der Waals surface area (Å²) in [6, 6.07) is 0. The van der Waals surface area contributed by atoms with Gasteiger partial charge in [0.25, 0.3) is 0 Å². The van der Waals surface area contributed by atoms with Gasteiger partial charge in [0, 0.05) is 18.1 Å². The van der Waals surface area contributed by atoms with Crippen molar-refractivity contribution in [3.63, 3.8) is 0 Å². The van der Waals surface area contributed by atoms with Crippen LogP contribution in [0.25, 0.3) is 0 Å². The molecule has 0 saturated heterocycles. The molecule has 0 aromatic heterocycles. The van der Waals surface area contributed by atoms with Crippen molar-refractivity contribution in [2.45, 2.75) is 31.5 Å². The minimum absolute atomic E-state index is 0.0268. The molecule has 2 bridgehead atoms. The molecule has 0 heterocycles. The number of ether oxygens (including phenoxy) is 3. The van der Waals surface area contributed by atoms with E-state index in [2.05, 4.69) is 18.1 Å². The lowest BCUT2D eigenvalue weighted by atomic mass is 9.74. The van der Waals surface area contributed by atoms with Crippen molar-refractivity contribution in [3.8, 4) is 12.3 Å². The molecule has 4 atom stereocenters. The summed E-state index contributed by atoms with van der Waals surface area (Å²) in [4.78, 5) is 23.3. The Hall–Kier alpha value is -2.10. The van der Waals surface area contributed by atoms with Gasteiger partial charge in [-0.25, -0.2) is 9.59 Å². The number of terminal acetylenes is 1. The summed E-state index contributed by atoms with van der Waals surface area (Å²) in [5.74, 6) is 1.73. The fourth-order valence-corrected chi connectivity index (χ4v) is 2.87. The van der Waals surface area contributed by atoms with Crippen LogP contribution in [-0.2, 0) is 23.8 Å². The van der Waals surface area contributed by atoms with Gasteiger partial charge < -0.3 is 19.3 Å². The van der Waals surface area contributed by atoms with Crippen molar-refractivity contribution in [2.75, 3.05) is 19.8 Å². The van der Waals surface area contributed by atoms with Crippen LogP contribution in [0.3, 0.4) is 0 Å². The number of carbonyl (C=O) groups excluding carboxylic acids is 2. The van der Waals surface area contributed by atoms with E-state index >= 15 is 0 Å². The average molecular weight is 334 g/mol. The second kappa shape index (κ2) is 9.26. The van der Waals surface area contributed by atoms with E-state index in [1.165, 1.54) is 0 Å². The van der Waals surface area contributed by atoms with E-state index in [1.807, 2.05) is 0 Å². The van der Waals surface area contributed by atoms with Crippen molar-refractivity contribution < 1.29 is 28.9 Å². The largest absolute Gasteiger partial charge is 0.460 e. The van der Waals surface area contributed by atoms with E-state index in [-0.39, 0.29) is 31.8 Å². The summed E-state index contributed by atoms with van der Waals surface area (Å²) >= 11 is 0. The number of esters is 2. The average Bonchev–Trinajstić information content (AvgIpc) is 2.59. The molecule has 1 fully saturated rings. The Morgan fingerprint density at radius 1 is 1.25 bits per heavy atom. The van der Waals surface area contributed by atoms with E-state index in [9.17, 15) is 14.7 Å². The fraction of sp³-hybridized carbons (Fsp3) is 0.556. The maximum atomic E-state index is 11.8. The zero-order chi connectivity index (χ0) is 17.4. The number of aliphatic hydroxyl groups is 1. The van der Waals surface area contributed by atoms with Crippen LogP contribution in [0.15, 0.2) is 24.3 Å². The second-order valence-corrected chi connectivity index (χ2v) is 5.93. The number of rotatable bonds is 8. The molecule has 0 aromatic rings. The Bertz CT molecular complexity index is 544. The molecule has 3 rings (SSSR count). The molecule has 0 amide bonds. The van der Waals surface area contributed by atoms with Crippen molar-refractivity contribution in [3.05, 3.63) is 24.3 Å². The van der Waals surface area contributed by atoms with E-state index in [1.54, 1.807) is 0 Å². The lowest BCUT2D eigenvalue weighted by Crippen LogP contribution is -2.35. The molecule has 6 heteroatoms. The summed E-state index contributed by atoms with van der Waals surface area (Å²) in [6.45, 7) is -0.185. The van der Waals surface area contributed by atoms with E-state index in [0.717, 1.165) is 31.4 Å². The number of fused-ring (bicyclic) bond motifs is 2. The van der Waals surface area contributed by atoms with Gasteiger partial charge in [0.15, 0.2) is 0 Å². The predicted octanol–water partition coefficient (Wildman–Crippen LogP) is 0.994. The maximum Gasteiger partial charge on any atom is 0.331 e. The van der Waals surface area contributed by atoms with Crippen LogP contribution in [0, 0.1) is 24.2 Å². The minimum atomic E-state index is -0.966. The Kier molecular flexibility index (Phi) is 7.04. The molecule has 4 unspecified atom stereocenters. The highest BCUT2D eigenvalue weighted by Gasteiger charge is 2.33. The van der Waals surface area contributed by atoms with Gasteiger partial charge in [-0.1, -0.05) is 18.1 Å². The first-order chi connectivity index (χ1) is 11.6. The third-order valence-corrected chi connectivity index (χ3v) is 4.05. The van der Waals surface area contributed by atoms with E-state index in [0.29, 0.717) is 5.92 Å². The van der Waals surface area contributed by atoms with E-state index in [4.69, 9.17) is 20.6 Å². The zero-order valence-electron chi connectivity index (χ0n) is 13.4. The lowest BCUT2D eigenvalue weighted by Gasteiger charge is -2.37. The molecule has 3 aliphatic carbocycles. The highest BCUT2D eigenvalue weighted by molar-refractivity contribution is 5.91. The Morgan fingerprint density at radius 2 is 2.04 bits per heavy atom. The van der Waals surface area contributed by atoms with Crippen LogP contribution in [0.5, 0.6) is 0 Å². The van der Waals surface area contributed by atoms with Crippen LogP contribution in [-0.4, -0.2) is 49.1 Å². The third-order valence-electron chi connectivity index (χ3n) is 4.05. The quantitative estimate of drug-likeness (QED) is 0.234. The second-order valence-electron chi connectivity index (χ2n) is 5.93. The summed E-state index contributed by atoms with van der Waals surface area (Å²) < 4.78 is 15.1. The van der Waals surface area contributed by atoms with Crippen LogP contribution < -0.4 is 0 Å². The molecular formula is C18H22O6. The van der Waals surface area contributed by atoms with Gasteiger partial charge in [-0.15, -0.1) is 6.42 Å². The van der Waals surface area contributed by atoms with Gasteiger partial charge in [-0.05, 0) is 25.2 Å². The van der Waals surface area contributed by atoms with Gasteiger partial charge in [0.2, 0.25) is 0 Å². The summed E-state index contributed by atoms with van der Waals surface area (Å²) in [5, 5.41) is 9.49. The monoisotopic (exact) mass is 334 g/mol. The molecule has 0 aliphatic heterocycles. The number of aliphatic hydroxyl groups excluding tert-OH is 1. The van der Waals surface area contributed by atoms with Crippen molar-refractivity contribution in [1.82, 2.24) is 0 Å². The third kappa shape index (κ3) is 5.84. The SMILES string of the molecule is C#CCOCC(O)COC(=O)/C=C/C(=O)OC1CC2C=CC1CC2. The van der Waals surface area contributed by atoms with Gasteiger partial charge in [-0.2, -0.15) is 0 Å². The van der Waals surface area contributed by atoms with Crippen LogP contribution in [0.1, 0.15) is 19.3 Å². The van der Waals surface area contributed by atoms with Crippen LogP contribution in [0.2, 0.25) is 0 Å². The predicted molar refractivity (Wildman–Crippen MR) is 85.6 cm³/mol. The first-order valence-electron chi connectivity index (χ1n) is 8.01. The van der Waals surface area contributed by atoms with Gasteiger partial charge in [-0.3, -0.25) is 0 Å². The Labute approximate surface area is 141 Å². The summed E-state index contributed by atoms with van der Waals surface area (Å²) in [5.41, 5.74) is 0. The highest BCUT2D eigenvalue weighted by atomic mass is 16.6. The molecule has 0 aromatic carbocycles. The normalized spacial score (nSPS) is 26.1. The molecule has 1 N–H and O–H groups in total. The molecule has 0 spiro atoms. The van der Waals surface area contributed by atoms with E-state index < -0.39 is 18.0 Å². The van der Waals surface area contributed by atoms with Crippen molar-refractivity contribution >= 4 is 11.9 Å². The standard InChI is InChI=1S/C18H22O6/c1-2-9-22-11-15(19)12-23-17(20)7-8-18(21)24-16-10-13-3-5-14(16)6-4-13/h1,3,5,7-8,13-16,19H,4,6,9-12H2/b8-7+. The first kappa shape index (κ1) is 18.2. The molecule has 1 saturated carbocycles. The molecular weight excluding hydrogens is 312 g/mol.